The minimum atomic E-state index is -2.28. The zero-order valence-electron chi connectivity index (χ0n) is 33.5. The fourth-order valence-electron chi connectivity index (χ4n) is 8.89. The Kier molecular flexibility index (Phi) is 12.7. The number of nitrogens with zero attached hydrogens (tertiary/aromatic N) is 1. The average Bonchev–Trinajstić information content (AvgIpc) is 3.95. The van der Waals surface area contributed by atoms with E-state index in [0.29, 0.717) is 78.1 Å². The molecule has 1 saturated heterocycles. The molecular weight excluding hydrogens is 764 g/mol. The second kappa shape index (κ2) is 17.6. The molecule has 3 aromatic rings. The number of amides is 1. The van der Waals surface area contributed by atoms with Gasteiger partial charge in [-0.3, -0.25) is 19.5 Å². The molecule has 5 heterocycles. The normalized spacial score (nSPS) is 26.1. The zero-order valence-corrected chi connectivity index (χ0v) is 33.5. The summed E-state index contributed by atoms with van der Waals surface area (Å²) >= 11 is 0. The van der Waals surface area contributed by atoms with Gasteiger partial charge in [0.1, 0.15) is 71.7 Å². The van der Waals surface area contributed by atoms with E-state index in [4.69, 9.17) is 18.9 Å². The number of hydrogen-bond acceptors (Lipinski definition) is 14. The topological polar surface area (TPSA) is 237 Å². The number of aliphatic hydroxyl groups is 5. The largest absolute Gasteiger partial charge is 0.508 e. The van der Waals surface area contributed by atoms with Gasteiger partial charge in [-0.15, -0.1) is 0 Å². The first-order valence-electron chi connectivity index (χ1n) is 20.3. The molecule has 0 bridgehead atoms. The molecule has 2 aromatic carbocycles. The highest BCUT2D eigenvalue weighted by Crippen LogP contribution is 2.47. The quantitative estimate of drug-likeness (QED) is 0.0630. The Morgan fingerprint density at radius 3 is 2.61 bits per heavy atom. The number of aryl methyl sites for hydroxylation is 1. The molecule has 0 spiro atoms. The molecular formula is C43H55N4O12+. The van der Waals surface area contributed by atoms with Crippen molar-refractivity contribution in [2.75, 3.05) is 33.4 Å². The molecule has 1 amide bonds. The second-order valence-corrected chi connectivity index (χ2v) is 16.3. The number of quaternary nitrogens is 1. The number of aliphatic hydroxyl groups excluding tert-OH is 4. The molecule has 0 aliphatic carbocycles. The zero-order chi connectivity index (χ0) is 42.1. The number of nitrogens with one attached hydrogen (secondary N) is 3. The van der Waals surface area contributed by atoms with Crippen LogP contribution in [0.25, 0.3) is 11.0 Å². The van der Waals surface area contributed by atoms with E-state index in [1.54, 1.807) is 19.2 Å². The van der Waals surface area contributed by atoms with Crippen molar-refractivity contribution in [2.24, 2.45) is 10.9 Å². The fourth-order valence-corrected chi connectivity index (χ4v) is 8.89. The third kappa shape index (κ3) is 8.60. The Morgan fingerprint density at radius 2 is 1.92 bits per heavy atom. The lowest BCUT2D eigenvalue weighted by Gasteiger charge is -2.45. The Balaban J connectivity index is 1.30. The van der Waals surface area contributed by atoms with Crippen LogP contribution in [0.5, 0.6) is 11.5 Å². The van der Waals surface area contributed by atoms with Gasteiger partial charge in [-0.25, -0.2) is 9.78 Å². The Bertz CT molecular complexity index is 2170. The fraction of sp³-hybridized carbons (Fsp3) is 0.512. The monoisotopic (exact) mass is 819 g/mol. The number of aliphatic imine (C=N–C) groups is 1. The molecule has 318 valence electrons. The first-order chi connectivity index (χ1) is 28.3. The van der Waals surface area contributed by atoms with Gasteiger partial charge in [0.2, 0.25) is 17.2 Å². The van der Waals surface area contributed by atoms with Gasteiger partial charge in [0, 0.05) is 62.1 Å². The second-order valence-electron chi connectivity index (χ2n) is 16.3. The number of carbonyl (C=O) groups excluding carboxylic acids is 1. The van der Waals surface area contributed by atoms with Crippen molar-refractivity contribution >= 4 is 28.8 Å². The van der Waals surface area contributed by atoms with E-state index in [2.05, 4.69) is 22.5 Å². The molecule has 16 nitrogen and oxygen atoms in total. The summed E-state index contributed by atoms with van der Waals surface area (Å²) in [6.07, 6.45) is 1.59. The van der Waals surface area contributed by atoms with Crippen LogP contribution in [0.1, 0.15) is 55.9 Å². The Labute approximate surface area is 341 Å². The Morgan fingerprint density at radius 1 is 1.14 bits per heavy atom. The summed E-state index contributed by atoms with van der Waals surface area (Å²) in [5, 5.41) is 70.1. The van der Waals surface area contributed by atoms with Crippen LogP contribution in [0.15, 0.2) is 74.1 Å². The van der Waals surface area contributed by atoms with E-state index >= 15 is 0 Å². The van der Waals surface area contributed by atoms with Crippen LogP contribution >= 0.6 is 0 Å². The van der Waals surface area contributed by atoms with E-state index in [1.807, 2.05) is 19.3 Å². The standard InChI is InChI=1S/C43H54N4O12/c1-4-32-29-10-13-45-31(29)21-47(32)37-39-27(17-30-33(50)15-24(2)57-40(30)37)18-35(43(58-39,12-14-44-3)11-9-26-16-36(52)46-20-26)59-56-23-42(55,41(54)38(53)34(51)22-48)19-25-5-7-28(49)8-6-25/h5-8,10,13,15,17,21,26,32,34-35,38,41,44,48-49,51,53-55H,4,9,11-12,14,16,18-20,22-23H2,1-3H3,(H,46,52)/p+1/t26-,32?,34+,35+,38+,41-,42-,43-/m0/s1. The number of allylic oxidation sites excluding steroid dienone is 1. The van der Waals surface area contributed by atoms with Gasteiger partial charge in [-0.05, 0) is 69.1 Å². The van der Waals surface area contributed by atoms with Crippen molar-refractivity contribution in [3.8, 4) is 11.5 Å². The molecule has 59 heavy (non-hydrogen) atoms. The van der Waals surface area contributed by atoms with Crippen molar-refractivity contribution in [1.82, 2.24) is 10.6 Å². The predicted octanol–water partition coefficient (Wildman–Crippen LogP) is 0.533. The first-order valence-corrected chi connectivity index (χ1v) is 20.3. The SMILES string of the molecule is CCC1C2=CC=NC2=C[NH+]1c1c2c(cc3c(=O)cc(C)oc13)C[C@@H](OOC[C@@](O)(Cc1ccc(O)cc1)[C@@H](O)[C@H](O)[C@H](O)CO)[C@@](CCNC)(CC[C@@H]1CNC(=O)C1)O2. The maximum Gasteiger partial charge on any atom is 0.222 e. The third-order valence-electron chi connectivity index (χ3n) is 12.2. The van der Waals surface area contributed by atoms with Gasteiger partial charge in [-0.2, -0.15) is 0 Å². The smallest absolute Gasteiger partial charge is 0.222 e. The predicted molar refractivity (Wildman–Crippen MR) is 215 cm³/mol. The third-order valence-corrected chi connectivity index (χ3v) is 12.2. The minimum absolute atomic E-state index is 0.0214. The molecule has 7 rings (SSSR count). The molecule has 0 radical (unpaired) electrons. The molecule has 2 unspecified atom stereocenters. The van der Waals surface area contributed by atoms with Gasteiger partial charge in [0.15, 0.2) is 11.2 Å². The molecule has 4 aliphatic heterocycles. The summed E-state index contributed by atoms with van der Waals surface area (Å²) < 4.78 is 13.7. The van der Waals surface area contributed by atoms with Crippen LogP contribution in [0.4, 0.5) is 5.69 Å². The maximum absolute atomic E-state index is 13.7. The number of aromatic hydroxyl groups is 1. The van der Waals surface area contributed by atoms with Gasteiger partial charge < -0.3 is 50.4 Å². The lowest BCUT2D eigenvalue weighted by molar-refractivity contribution is -0.793. The summed E-state index contributed by atoms with van der Waals surface area (Å²) in [7, 11) is 1.82. The summed E-state index contributed by atoms with van der Waals surface area (Å²) in [4.78, 5) is 43.7. The van der Waals surface area contributed by atoms with E-state index < -0.39 is 48.8 Å². The highest BCUT2D eigenvalue weighted by Gasteiger charge is 2.51. The molecule has 4 aliphatic rings. The minimum Gasteiger partial charge on any atom is -0.508 e. The lowest BCUT2D eigenvalue weighted by Crippen LogP contribution is -3.05. The number of benzene rings is 2. The number of carbonyl (C=O) groups is 1. The van der Waals surface area contributed by atoms with Crippen LogP contribution in [-0.4, -0.2) is 118 Å². The van der Waals surface area contributed by atoms with E-state index in [9.17, 15) is 40.2 Å². The number of ether oxygens (including phenoxy) is 1. The number of hydrogen-bond donors (Lipinski definition) is 9. The first kappa shape index (κ1) is 42.6. The number of phenolic OH excluding ortho intramolecular Hbond substituents is 1. The van der Waals surface area contributed by atoms with Gasteiger partial charge in [-0.1, -0.05) is 19.1 Å². The molecule has 16 heteroatoms. The summed E-state index contributed by atoms with van der Waals surface area (Å²) in [5.74, 6) is 0.974. The number of fused-ring (bicyclic) bond motifs is 3. The van der Waals surface area contributed by atoms with E-state index in [-0.39, 0.29) is 41.9 Å². The van der Waals surface area contributed by atoms with Gasteiger partial charge in [0.25, 0.3) is 0 Å². The van der Waals surface area contributed by atoms with Crippen LogP contribution in [0, 0.1) is 12.8 Å². The molecule has 1 aromatic heterocycles. The van der Waals surface area contributed by atoms with Crippen molar-refractivity contribution in [3.05, 3.63) is 87.1 Å². The van der Waals surface area contributed by atoms with E-state index in [1.165, 1.54) is 30.3 Å². The lowest BCUT2D eigenvalue weighted by atomic mass is 9.79. The van der Waals surface area contributed by atoms with Crippen LogP contribution in [-0.2, 0) is 27.4 Å². The van der Waals surface area contributed by atoms with Gasteiger partial charge >= 0.3 is 0 Å². The molecule has 0 saturated carbocycles. The molecule has 9 atom stereocenters. The molecule has 1 fully saturated rings. The maximum atomic E-state index is 13.7. The van der Waals surface area contributed by atoms with Crippen LogP contribution < -0.4 is 25.7 Å². The van der Waals surface area contributed by atoms with Crippen molar-refractivity contribution < 1.29 is 59.3 Å². The summed E-state index contributed by atoms with van der Waals surface area (Å²) in [6, 6.07) is 9.02. The van der Waals surface area contributed by atoms with E-state index in [0.717, 1.165) is 22.6 Å². The summed E-state index contributed by atoms with van der Waals surface area (Å²) in [5.41, 5.74) is 0.494. The van der Waals surface area contributed by atoms with Crippen molar-refractivity contribution in [1.29, 1.82) is 0 Å². The van der Waals surface area contributed by atoms with Crippen LogP contribution in [0.3, 0.4) is 0 Å². The highest BCUT2D eigenvalue weighted by atomic mass is 17.2. The highest BCUT2D eigenvalue weighted by molar-refractivity contribution is 5.90. The van der Waals surface area contributed by atoms with Gasteiger partial charge in [0.05, 0.1) is 12.0 Å². The number of phenols is 1. The molecule has 9 N–H and O–H groups in total. The average molecular weight is 820 g/mol. The van der Waals surface area contributed by atoms with Crippen molar-refractivity contribution in [3.63, 3.8) is 0 Å². The Hall–Kier alpha value is -4.49. The number of rotatable bonds is 18. The van der Waals surface area contributed by atoms with Crippen molar-refractivity contribution in [2.45, 2.75) is 100 Å². The summed E-state index contributed by atoms with van der Waals surface area (Å²) in [6.45, 7) is 3.25. The van der Waals surface area contributed by atoms with Crippen LogP contribution in [0.2, 0.25) is 0 Å².